The van der Waals surface area contributed by atoms with E-state index >= 15 is 0 Å². The molecule has 0 bridgehead atoms. The molecule has 1 N–H and O–H groups in total. The maximum Gasteiger partial charge on any atom is 0.407 e. The molecule has 3 aromatic carbocycles. The van der Waals surface area contributed by atoms with E-state index in [2.05, 4.69) is 29.6 Å². The van der Waals surface area contributed by atoms with E-state index in [1.54, 1.807) is 37.5 Å². The Kier molecular flexibility index (Phi) is 6.13. The van der Waals surface area contributed by atoms with Gasteiger partial charge in [0.15, 0.2) is 6.29 Å². The van der Waals surface area contributed by atoms with Crippen molar-refractivity contribution in [1.29, 1.82) is 0 Å². The van der Waals surface area contributed by atoms with Crippen LogP contribution in [0.4, 0.5) is 4.79 Å². The number of hydrogen-bond donors (Lipinski definition) is 1. The van der Waals surface area contributed by atoms with Crippen molar-refractivity contribution in [1.82, 2.24) is 5.32 Å². The van der Waals surface area contributed by atoms with Gasteiger partial charge in [0.05, 0.1) is 7.11 Å². The van der Waals surface area contributed by atoms with Crippen LogP contribution in [0.1, 0.15) is 33.0 Å². The molecule has 0 aliphatic heterocycles. The van der Waals surface area contributed by atoms with Gasteiger partial charge in [0.25, 0.3) is 0 Å². The predicted molar refractivity (Wildman–Crippen MR) is 120 cm³/mol. The first-order valence-electron chi connectivity index (χ1n) is 10.1. The van der Waals surface area contributed by atoms with Gasteiger partial charge in [-0.2, -0.15) is 0 Å². The standard InChI is InChI=1S/C26H23NO4/c1-30-20-13-12-18(19(15-20)16-28)7-6-14-27-26(29)31-17-25-23-10-4-2-8-21(23)22-9-3-5-11-24(22)25/h2-13,15-16,25H,14,17H2,1H3,(H,27,29). The number of fused-ring (bicyclic) bond motifs is 3. The van der Waals surface area contributed by atoms with Crippen LogP contribution in [0, 0.1) is 0 Å². The maximum atomic E-state index is 12.2. The van der Waals surface area contributed by atoms with Crippen molar-refractivity contribution in [2.75, 3.05) is 20.3 Å². The van der Waals surface area contributed by atoms with Crippen molar-refractivity contribution in [3.63, 3.8) is 0 Å². The molecule has 0 atom stereocenters. The van der Waals surface area contributed by atoms with E-state index in [0.717, 1.165) is 11.8 Å². The summed E-state index contributed by atoms with van der Waals surface area (Å²) in [6.45, 7) is 0.568. The quantitative estimate of drug-likeness (QED) is 0.550. The highest BCUT2D eigenvalue weighted by Gasteiger charge is 2.28. The van der Waals surface area contributed by atoms with Gasteiger partial charge in [-0.05, 0) is 39.9 Å². The Morgan fingerprint density at radius 1 is 0.968 bits per heavy atom. The summed E-state index contributed by atoms with van der Waals surface area (Å²) in [5.41, 5.74) is 6.03. The van der Waals surface area contributed by atoms with E-state index in [1.807, 2.05) is 24.3 Å². The Balaban J connectivity index is 1.33. The number of ether oxygens (including phenoxy) is 2. The largest absolute Gasteiger partial charge is 0.497 e. The van der Waals surface area contributed by atoms with E-state index < -0.39 is 6.09 Å². The van der Waals surface area contributed by atoms with E-state index in [-0.39, 0.29) is 12.5 Å². The smallest absolute Gasteiger partial charge is 0.407 e. The Morgan fingerprint density at radius 3 is 2.29 bits per heavy atom. The van der Waals surface area contributed by atoms with Gasteiger partial charge >= 0.3 is 6.09 Å². The van der Waals surface area contributed by atoms with Gasteiger partial charge in [0.1, 0.15) is 12.4 Å². The van der Waals surface area contributed by atoms with E-state index in [4.69, 9.17) is 9.47 Å². The van der Waals surface area contributed by atoms with Gasteiger partial charge in [0.2, 0.25) is 0 Å². The van der Waals surface area contributed by atoms with Crippen molar-refractivity contribution in [3.8, 4) is 16.9 Å². The molecule has 1 aliphatic rings. The maximum absolute atomic E-state index is 12.2. The summed E-state index contributed by atoms with van der Waals surface area (Å²) in [6, 6.07) is 21.7. The van der Waals surface area contributed by atoms with Crippen LogP contribution in [0.3, 0.4) is 0 Å². The van der Waals surface area contributed by atoms with E-state index in [9.17, 15) is 9.59 Å². The van der Waals surface area contributed by atoms with Crippen LogP contribution in [-0.2, 0) is 4.74 Å². The molecular weight excluding hydrogens is 390 g/mol. The summed E-state index contributed by atoms with van der Waals surface area (Å²) in [5.74, 6) is 0.652. The van der Waals surface area contributed by atoms with Gasteiger partial charge in [-0.1, -0.05) is 66.7 Å². The van der Waals surface area contributed by atoms with Crippen LogP contribution < -0.4 is 10.1 Å². The summed E-state index contributed by atoms with van der Waals surface area (Å²) in [4.78, 5) is 23.4. The molecule has 0 saturated heterocycles. The minimum Gasteiger partial charge on any atom is -0.497 e. The van der Waals surface area contributed by atoms with Crippen LogP contribution >= 0.6 is 0 Å². The summed E-state index contributed by atoms with van der Waals surface area (Å²) in [5, 5.41) is 2.72. The third-order valence-electron chi connectivity index (χ3n) is 5.43. The number of aldehydes is 1. The molecule has 0 spiro atoms. The fourth-order valence-corrected chi connectivity index (χ4v) is 3.91. The predicted octanol–water partition coefficient (Wildman–Crippen LogP) is 5.06. The monoisotopic (exact) mass is 413 g/mol. The molecule has 5 heteroatoms. The Labute approximate surface area is 181 Å². The third-order valence-corrected chi connectivity index (χ3v) is 5.43. The summed E-state index contributed by atoms with van der Waals surface area (Å²) < 4.78 is 10.6. The molecule has 0 aromatic heterocycles. The van der Waals surface area contributed by atoms with Crippen molar-refractivity contribution >= 4 is 18.5 Å². The second-order valence-electron chi connectivity index (χ2n) is 7.22. The number of hydrogen-bond acceptors (Lipinski definition) is 4. The first-order valence-corrected chi connectivity index (χ1v) is 10.1. The van der Waals surface area contributed by atoms with Crippen LogP contribution in [0.25, 0.3) is 17.2 Å². The zero-order valence-corrected chi connectivity index (χ0v) is 17.2. The zero-order chi connectivity index (χ0) is 21.6. The highest BCUT2D eigenvalue weighted by atomic mass is 16.5. The number of nitrogens with one attached hydrogen (secondary N) is 1. The van der Waals surface area contributed by atoms with Crippen LogP contribution in [0.2, 0.25) is 0 Å². The molecule has 1 amide bonds. The highest BCUT2D eigenvalue weighted by Crippen LogP contribution is 2.44. The van der Waals surface area contributed by atoms with Gasteiger partial charge < -0.3 is 14.8 Å². The molecule has 0 unspecified atom stereocenters. The van der Waals surface area contributed by atoms with Crippen LogP contribution in [0.15, 0.2) is 72.8 Å². The summed E-state index contributed by atoms with van der Waals surface area (Å²) >= 11 is 0. The molecule has 0 saturated carbocycles. The number of amides is 1. The number of carbonyl (C=O) groups is 2. The Hall–Kier alpha value is -3.86. The molecule has 1 aliphatic carbocycles. The van der Waals surface area contributed by atoms with E-state index in [0.29, 0.717) is 17.9 Å². The summed E-state index contributed by atoms with van der Waals surface area (Å²) in [7, 11) is 1.55. The molecule has 0 heterocycles. The lowest BCUT2D eigenvalue weighted by atomic mass is 9.98. The molecule has 0 radical (unpaired) electrons. The number of alkyl carbamates (subject to hydrolysis) is 1. The number of rotatable bonds is 7. The second-order valence-corrected chi connectivity index (χ2v) is 7.22. The van der Waals surface area contributed by atoms with Gasteiger partial charge in [-0.25, -0.2) is 4.79 Å². The fraction of sp³-hybridized carbons (Fsp3) is 0.154. The molecule has 156 valence electrons. The first kappa shape index (κ1) is 20.4. The first-order chi connectivity index (χ1) is 15.2. The topological polar surface area (TPSA) is 64.6 Å². The zero-order valence-electron chi connectivity index (χ0n) is 17.2. The lowest BCUT2D eigenvalue weighted by Gasteiger charge is -2.14. The molecule has 5 nitrogen and oxygen atoms in total. The van der Waals surface area contributed by atoms with Crippen molar-refractivity contribution in [2.24, 2.45) is 0 Å². The van der Waals surface area contributed by atoms with Crippen molar-refractivity contribution in [3.05, 3.63) is 95.1 Å². The molecule has 3 aromatic rings. The normalized spacial score (nSPS) is 12.3. The number of methoxy groups -OCH3 is 1. The lowest BCUT2D eigenvalue weighted by molar-refractivity contribution is 0.112. The average Bonchev–Trinajstić information content (AvgIpc) is 3.14. The van der Waals surface area contributed by atoms with Gasteiger partial charge in [-0.15, -0.1) is 0 Å². The van der Waals surface area contributed by atoms with E-state index in [1.165, 1.54) is 22.3 Å². The SMILES string of the molecule is COc1ccc(C=CCNC(=O)OCC2c3ccccc3-c3ccccc32)c(C=O)c1. The Bertz CT molecular complexity index is 1090. The van der Waals surface area contributed by atoms with Crippen LogP contribution in [-0.4, -0.2) is 32.6 Å². The lowest BCUT2D eigenvalue weighted by Crippen LogP contribution is -2.26. The highest BCUT2D eigenvalue weighted by molar-refractivity contribution is 5.83. The van der Waals surface area contributed by atoms with Crippen molar-refractivity contribution < 1.29 is 19.1 Å². The number of benzene rings is 3. The average molecular weight is 413 g/mol. The molecule has 0 fully saturated rings. The third kappa shape index (κ3) is 4.36. The number of carbonyl (C=O) groups excluding carboxylic acids is 2. The molecular formula is C26H23NO4. The second kappa shape index (κ2) is 9.30. The van der Waals surface area contributed by atoms with Gasteiger partial charge in [0, 0.05) is 18.0 Å². The minimum atomic E-state index is -0.475. The molecule has 31 heavy (non-hydrogen) atoms. The Morgan fingerprint density at radius 2 is 1.65 bits per heavy atom. The molecule has 4 rings (SSSR count). The van der Waals surface area contributed by atoms with Gasteiger partial charge in [-0.3, -0.25) is 4.79 Å². The van der Waals surface area contributed by atoms with Crippen molar-refractivity contribution in [2.45, 2.75) is 5.92 Å². The minimum absolute atomic E-state index is 0.0307. The van der Waals surface area contributed by atoms with Crippen LogP contribution in [0.5, 0.6) is 5.75 Å². The summed E-state index contributed by atoms with van der Waals surface area (Å²) in [6.07, 6.45) is 3.86. The fourth-order valence-electron chi connectivity index (χ4n) is 3.91.